The molecule has 1 heterocycles. The minimum atomic E-state index is -5.22. The quantitative estimate of drug-likeness (QED) is 0.539. The van der Waals surface area contributed by atoms with E-state index in [-0.39, 0.29) is 18.0 Å². The van der Waals surface area contributed by atoms with Crippen molar-refractivity contribution in [2.45, 2.75) is 25.7 Å². The van der Waals surface area contributed by atoms with E-state index in [1.807, 2.05) is 0 Å². The van der Waals surface area contributed by atoms with Crippen molar-refractivity contribution < 1.29 is 37.2 Å². The first-order valence-electron chi connectivity index (χ1n) is 8.60. The number of carbonyl (C=O) groups excluding carboxylic acids is 2. The Morgan fingerprint density at radius 1 is 1.14 bits per heavy atom. The van der Waals surface area contributed by atoms with Gasteiger partial charge >= 0.3 is 17.8 Å². The molecule has 0 unspecified atom stereocenters. The maximum absolute atomic E-state index is 14.1. The zero-order valence-corrected chi connectivity index (χ0v) is 16.0. The van der Waals surface area contributed by atoms with E-state index >= 15 is 0 Å². The van der Waals surface area contributed by atoms with Gasteiger partial charge in [0.25, 0.3) is 11.7 Å². The topological polar surface area (TPSA) is 90.8 Å². The molecule has 1 aromatic carbocycles. The van der Waals surface area contributed by atoms with E-state index in [4.69, 9.17) is 4.74 Å². The van der Waals surface area contributed by atoms with Crippen LogP contribution < -0.4 is 20.4 Å². The molecule has 2 rings (SSSR count). The van der Waals surface area contributed by atoms with Gasteiger partial charge in [0.05, 0.1) is 19.9 Å². The number of halogens is 3. The van der Waals surface area contributed by atoms with Crippen molar-refractivity contribution in [1.82, 2.24) is 5.32 Å². The van der Waals surface area contributed by atoms with Crippen LogP contribution in [0.15, 0.2) is 42.6 Å². The van der Waals surface area contributed by atoms with Crippen molar-refractivity contribution in [1.29, 1.82) is 0 Å². The van der Waals surface area contributed by atoms with E-state index in [0.29, 0.717) is 11.3 Å². The number of esters is 1. The van der Waals surface area contributed by atoms with Crippen molar-refractivity contribution >= 4 is 17.7 Å². The van der Waals surface area contributed by atoms with Gasteiger partial charge in [-0.1, -0.05) is 0 Å². The van der Waals surface area contributed by atoms with Crippen molar-refractivity contribution in [2.75, 3.05) is 19.0 Å². The largest absolute Gasteiger partial charge is 0.497 e. The summed E-state index contributed by atoms with van der Waals surface area (Å²) in [5.41, 5.74) is -2.98. The van der Waals surface area contributed by atoms with Gasteiger partial charge in [-0.05, 0) is 49.7 Å². The van der Waals surface area contributed by atoms with Crippen LogP contribution in [-0.4, -0.2) is 37.4 Å². The number of pyridine rings is 1. The summed E-state index contributed by atoms with van der Waals surface area (Å²) in [6, 6.07) is 8.37. The van der Waals surface area contributed by atoms with Crippen LogP contribution in [0.3, 0.4) is 0 Å². The maximum Gasteiger partial charge on any atom is 0.464 e. The number of nitrogens with one attached hydrogen (secondary N) is 3. The van der Waals surface area contributed by atoms with Crippen LogP contribution in [0.2, 0.25) is 0 Å². The number of ether oxygens (including phenoxy) is 2. The standard InChI is InChI=1S/C19H20F3N3O4/c1-4-29-17(27)18(19(20,21)22,24-15-11-12(2)9-10-23-15)25-16(26)13-5-7-14(28-3)8-6-13/h5-11H,4H2,1-3H3,(H,23,24)(H,25,26)/p+1/t18-/m1/s1. The third-order valence-corrected chi connectivity index (χ3v) is 3.94. The van der Waals surface area contributed by atoms with Crippen LogP contribution >= 0.6 is 0 Å². The third-order valence-electron chi connectivity index (χ3n) is 3.94. The molecule has 0 fully saturated rings. The van der Waals surface area contributed by atoms with E-state index in [1.165, 1.54) is 50.6 Å². The second-order valence-electron chi connectivity index (χ2n) is 6.06. The van der Waals surface area contributed by atoms with E-state index < -0.39 is 23.7 Å². The highest BCUT2D eigenvalue weighted by Gasteiger charge is 2.68. The highest BCUT2D eigenvalue weighted by molar-refractivity contribution is 5.99. The Balaban J connectivity index is 2.48. The summed E-state index contributed by atoms with van der Waals surface area (Å²) >= 11 is 0. The monoisotopic (exact) mass is 412 g/mol. The number of aromatic nitrogens is 1. The number of hydrogen-bond acceptors (Lipinski definition) is 5. The second kappa shape index (κ2) is 8.80. The molecular formula is C19H21F3N3O4+. The van der Waals surface area contributed by atoms with Gasteiger partial charge in [0.15, 0.2) is 0 Å². The lowest BCUT2D eigenvalue weighted by Gasteiger charge is -2.30. The van der Waals surface area contributed by atoms with Crippen LogP contribution in [0, 0.1) is 6.92 Å². The predicted octanol–water partition coefficient (Wildman–Crippen LogP) is 2.48. The first-order valence-corrected chi connectivity index (χ1v) is 8.60. The lowest BCUT2D eigenvalue weighted by Crippen LogP contribution is -2.69. The Morgan fingerprint density at radius 2 is 1.79 bits per heavy atom. The van der Waals surface area contributed by atoms with Gasteiger partial charge in [0.1, 0.15) is 5.75 Å². The fraction of sp³-hybridized carbons (Fsp3) is 0.316. The molecule has 0 bridgehead atoms. The molecule has 0 aliphatic carbocycles. The number of H-pyrrole nitrogens is 1. The number of hydrogen-bond donors (Lipinski definition) is 2. The molecular weight excluding hydrogens is 391 g/mol. The van der Waals surface area contributed by atoms with E-state index in [2.05, 4.69) is 15.0 Å². The van der Waals surface area contributed by atoms with Crippen molar-refractivity contribution in [3.8, 4) is 5.75 Å². The van der Waals surface area contributed by atoms with Gasteiger partial charge in [-0.3, -0.25) is 10.1 Å². The lowest BCUT2D eigenvalue weighted by atomic mass is 10.1. The summed E-state index contributed by atoms with van der Waals surface area (Å²) < 4.78 is 52.0. The van der Waals surface area contributed by atoms with Crippen molar-refractivity contribution in [3.63, 3.8) is 0 Å². The molecule has 0 aliphatic heterocycles. The Morgan fingerprint density at radius 3 is 2.31 bits per heavy atom. The molecule has 0 spiro atoms. The zero-order chi connectivity index (χ0) is 21.7. The molecule has 7 nitrogen and oxygen atoms in total. The summed E-state index contributed by atoms with van der Waals surface area (Å²) in [6.45, 7) is 2.71. The van der Waals surface area contributed by atoms with Crippen LogP contribution in [0.25, 0.3) is 0 Å². The minimum Gasteiger partial charge on any atom is -0.497 e. The number of alkyl halides is 3. The van der Waals surface area contributed by atoms with E-state index in [1.54, 1.807) is 18.3 Å². The number of aromatic amines is 1. The normalized spacial score (nSPS) is 13.2. The van der Waals surface area contributed by atoms with Gasteiger partial charge in [-0.25, -0.2) is 15.1 Å². The molecule has 0 radical (unpaired) electrons. The molecule has 3 N–H and O–H groups in total. The summed E-state index contributed by atoms with van der Waals surface area (Å²) in [5.74, 6) is -2.53. The fourth-order valence-corrected chi connectivity index (χ4v) is 2.47. The molecule has 0 aliphatic rings. The lowest BCUT2D eigenvalue weighted by molar-refractivity contribution is -0.363. The fourth-order valence-electron chi connectivity index (χ4n) is 2.47. The summed E-state index contributed by atoms with van der Waals surface area (Å²) in [5, 5.41) is 3.84. The first kappa shape index (κ1) is 22.0. The minimum absolute atomic E-state index is 0.0984. The Bertz CT molecular complexity index is 872. The summed E-state index contributed by atoms with van der Waals surface area (Å²) in [7, 11) is 1.41. The molecule has 29 heavy (non-hydrogen) atoms. The third kappa shape index (κ3) is 4.95. The molecule has 1 atom stereocenters. The van der Waals surface area contributed by atoms with Gasteiger partial charge in [-0.15, -0.1) is 0 Å². The maximum atomic E-state index is 14.1. The Hall–Kier alpha value is -3.30. The van der Waals surface area contributed by atoms with Crippen LogP contribution in [-0.2, 0) is 9.53 Å². The predicted molar refractivity (Wildman–Crippen MR) is 97.2 cm³/mol. The second-order valence-corrected chi connectivity index (χ2v) is 6.06. The Labute approximate surface area is 165 Å². The van der Waals surface area contributed by atoms with Crippen LogP contribution in [0.5, 0.6) is 5.75 Å². The SMILES string of the molecule is CCOC(=O)[C@](NC(=O)c1ccc(OC)cc1)(Nc1cc(C)cc[nH+]1)C(F)(F)F. The average Bonchev–Trinajstić information content (AvgIpc) is 2.66. The van der Waals surface area contributed by atoms with Crippen molar-refractivity contribution in [3.05, 3.63) is 53.7 Å². The van der Waals surface area contributed by atoms with E-state index in [9.17, 15) is 22.8 Å². The number of carbonyl (C=O) groups is 2. The van der Waals surface area contributed by atoms with Gasteiger partial charge < -0.3 is 9.47 Å². The van der Waals surface area contributed by atoms with Crippen LogP contribution in [0.1, 0.15) is 22.8 Å². The summed E-state index contributed by atoms with van der Waals surface area (Å²) in [6.07, 6.45) is -3.83. The number of aryl methyl sites for hydroxylation is 1. The van der Waals surface area contributed by atoms with Gasteiger partial charge in [-0.2, -0.15) is 13.2 Å². The Kier molecular flexibility index (Phi) is 6.68. The number of rotatable bonds is 7. The smallest absolute Gasteiger partial charge is 0.464 e. The molecule has 0 saturated heterocycles. The molecule has 10 heteroatoms. The molecule has 0 saturated carbocycles. The van der Waals surface area contributed by atoms with Crippen LogP contribution in [0.4, 0.5) is 19.0 Å². The number of benzene rings is 1. The number of amides is 1. The average molecular weight is 412 g/mol. The summed E-state index contributed by atoms with van der Waals surface area (Å²) in [4.78, 5) is 27.6. The highest BCUT2D eigenvalue weighted by Crippen LogP contribution is 2.33. The molecule has 156 valence electrons. The van der Waals surface area contributed by atoms with E-state index in [0.717, 1.165) is 0 Å². The molecule has 1 aromatic heterocycles. The number of methoxy groups -OCH3 is 1. The molecule has 1 amide bonds. The highest BCUT2D eigenvalue weighted by atomic mass is 19.4. The number of anilines is 1. The first-order chi connectivity index (χ1) is 13.6. The van der Waals surface area contributed by atoms with Crippen molar-refractivity contribution in [2.24, 2.45) is 0 Å². The van der Waals surface area contributed by atoms with Gasteiger partial charge in [0.2, 0.25) is 0 Å². The van der Waals surface area contributed by atoms with Gasteiger partial charge in [0, 0.05) is 11.6 Å². The molecule has 2 aromatic rings. The zero-order valence-electron chi connectivity index (χ0n) is 16.0.